The summed E-state index contributed by atoms with van der Waals surface area (Å²) in [6, 6.07) is 6.20. The van der Waals surface area contributed by atoms with E-state index in [1.807, 2.05) is 0 Å². The fraction of sp³-hybridized carbons (Fsp3) is 0.519. The van der Waals surface area contributed by atoms with Gasteiger partial charge in [0.2, 0.25) is 5.88 Å². The number of carboxylic acid groups (broad SMARTS) is 1. The number of amides is 1. The van der Waals surface area contributed by atoms with Crippen molar-refractivity contribution >= 4 is 11.9 Å². The number of halogens is 3. The molecule has 0 saturated carbocycles. The number of pyridine rings is 1. The van der Waals surface area contributed by atoms with Crippen LogP contribution in [-0.2, 0) is 4.79 Å². The van der Waals surface area contributed by atoms with Crippen molar-refractivity contribution < 1.29 is 37.7 Å². The summed E-state index contributed by atoms with van der Waals surface area (Å²) >= 11 is 0. The van der Waals surface area contributed by atoms with E-state index in [9.17, 15) is 33.0 Å². The van der Waals surface area contributed by atoms with E-state index in [2.05, 4.69) is 4.98 Å². The number of ether oxygens (including phenoxy) is 1. The van der Waals surface area contributed by atoms with Crippen molar-refractivity contribution in [2.45, 2.75) is 50.7 Å². The van der Waals surface area contributed by atoms with Gasteiger partial charge in [-0.3, -0.25) is 9.69 Å². The van der Waals surface area contributed by atoms with E-state index in [4.69, 9.17) is 4.74 Å². The summed E-state index contributed by atoms with van der Waals surface area (Å²) in [5.41, 5.74) is 0.803. The second-order valence-corrected chi connectivity index (χ2v) is 10.0. The zero-order valence-electron chi connectivity index (χ0n) is 21.2. The van der Waals surface area contributed by atoms with Gasteiger partial charge in [0.25, 0.3) is 11.8 Å². The van der Waals surface area contributed by atoms with Crippen LogP contribution in [0.5, 0.6) is 5.88 Å². The number of β-amino-alcohol motifs (C(OH)–C–C–N with tert-alkyl or cyclic N) is 1. The Morgan fingerprint density at radius 2 is 1.87 bits per heavy atom. The van der Waals surface area contributed by atoms with Crippen molar-refractivity contribution in [1.29, 1.82) is 0 Å². The molecule has 0 spiro atoms. The zero-order valence-corrected chi connectivity index (χ0v) is 21.2. The molecule has 11 heteroatoms. The molecule has 2 aliphatic rings. The van der Waals surface area contributed by atoms with E-state index in [0.717, 1.165) is 17.7 Å². The van der Waals surface area contributed by atoms with Gasteiger partial charge in [-0.05, 0) is 55.6 Å². The molecule has 2 aliphatic heterocycles. The number of alkyl halides is 2. The third kappa shape index (κ3) is 6.63. The summed E-state index contributed by atoms with van der Waals surface area (Å²) in [6.07, 6.45) is 1.83. The number of aliphatic hydroxyl groups is 1. The van der Waals surface area contributed by atoms with Gasteiger partial charge in [-0.25, -0.2) is 22.9 Å². The highest BCUT2D eigenvalue weighted by Crippen LogP contribution is 2.27. The van der Waals surface area contributed by atoms with Crippen LogP contribution in [0.25, 0.3) is 11.1 Å². The van der Waals surface area contributed by atoms with Gasteiger partial charge in [-0.1, -0.05) is 13.0 Å². The number of likely N-dealkylation sites (tertiary alicyclic amines) is 2. The molecule has 0 radical (unpaired) electrons. The molecule has 8 nitrogen and oxygen atoms in total. The van der Waals surface area contributed by atoms with Crippen LogP contribution in [0.1, 0.15) is 43.0 Å². The van der Waals surface area contributed by atoms with Crippen LogP contribution >= 0.6 is 0 Å². The van der Waals surface area contributed by atoms with E-state index < -0.39 is 35.8 Å². The van der Waals surface area contributed by atoms with Crippen LogP contribution in [0.15, 0.2) is 36.5 Å². The normalized spacial score (nSPS) is 21.0. The van der Waals surface area contributed by atoms with Crippen molar-refractivity contribution in [3.63, 3.8) is 0 Å². The van der Waals surface area contributed by atoms with Crippen LogP contribution < -0.4 is 4.74 Å². The molecule has 0 bridgehead atoms. The van der Waals surface area contributed by atoms with Crippen molar-refractivity contribution in [3.8, 4) is 17.0 Å². The molecular weight excluding hydrogens is 503 g/mol. The summed E-state index contributed by atoms with van der Waals surface area (Å²) < 4.78 is 47.9. The van der Waals surface area contributed by atoms with E-state index in [1.165, 1.54) is 25.3 Å². The maximum Gasteiger partial charge on any atom is 0.326 e. The maximum absolute atomic E-state index is 14.9. The Bertz CT molecular complexity index is 1140. The molecule has 0 aliphatic carbocycles. The maximum atomic E-state index is 14.9. The highest BCUT2D eigenvalue weighted by Gasteiger charge is 2.40. The smallest absolute Gasteiger partial charge is 0.326 e. The number of carbonyl (C=O) groups excluding carboxylic acids is 1. The quantitative estimate of drug-likeness (QED) is 0.505. The van der Waals surface area contributed by atoms with Crippen LogP contribution in [-0.4, -0.2) is 87.7 Å². The lowest BCUT2D eigenvalue weighted by molar-refractivity contribution is -0.141. The molecule has 2 fully saturated rings. The standard InChI is InChI=1S/C27H32F3N3O5/c1-2-27(29,30)16-32-9-7-17(8-10-32)15-38-24-6-4-19(13-31-24)18-3-5-21(22(28)11-18)25(35)33-14-20(34)12-23(33)26(36)37/h3-6,11,13,17,20,23,34H,2,7-10,12,14-16H2,1H3,(H,36,37)/t20-,23+/m1/s1. The minimum absolute atomic E-state index is 0.0993. The highest BCUT2D eigenvalue weighted by molar-refractivity contribution is 5.97. The molecule has 1 aromatic carbocycles. The Labute approximate surface area is 219 Å². The molecule has 1 aromatic heterocycles. The number of carbonyl (C=O) groups is 2. The Hall–Kier alpha value is -3.18. The minimum atomic E-state index is -2.66. The van der Waals surface area contributed by atoms with Gasteiger partial charge in [-0.2, -0.15) is 0 Å². The van der Waals surface area contributed by atoms with Crippen molar-refractivity contribution in [2.24, 2.45) is 5.92 Å². The van der Waals surface area contributed by atoms with Crippen LogP contribution in [0.4, 0.5) is 13.2 Å². The third-order valence-electron chi connectivity index (χ3n) is 7.24. The summed E-state index contributed by atoms with van der Waals surface area (Å²) in [6.45, 7) is 2.75. The molecule has 2 atom stereocenters. The third-order valence-corrected chi connectivity index (χ3v) is 7.24. The molecule has 206 valence electrons. The first-order valence-electron chi connectivity index (χ1n) is 12.8. The number of aliphatic hydroxyl groups excluding tert-OH is 1. The van der Waals surface area contributed by atoms with E-state index >= 15 is 0 Å². The van der Waals surface area contributed by atoms with E-state index in [0.29, 0.717) is 36.7 Å². The second kappa shape index (κ2) is 11.7. The Kier molecular flexibility index (Phi) is 8.57. The molecule has 0 unspecified atom stereocenters. The van der Waals surface area contributed by atoms with Crippen LogP contribution in [0.2, 0.25) is 0 Å². The predicted octanol–water partition coefficient (Wildman–Crippen LogP) is 3.68. The first kappa shape index (κ1) is 27.8. The molecule has 38 heavy (non-hydrogen) atoms. The Morgan fingerprint density at radius 1 is 1.16 bits per heavy atom. The number of nitrogens with zero attached hydrogens (tertiary/aromatic N) is 3. The molecule has 2 saturated heterocycles. The summed E-state index contributed by atoms with van der Waals surface area (Å²) in [4.78, 5) is 31.2. The highest BCUT2D eigenvalue weighted by atomic mass is 19.3. The van der Waals surface area contributed by atoms with Gasteiger partial charge in [0, 0.05) is 37.2 Å². The first-order chi connectivity index (χ1) is 18.1. The van der Waals surface area contributed by atoms with E-state index in [1.54, 1.807) is 23.1 Å². The van der Waals surface area contributed by atoms with Gasteiger partial charge in [0.05, 0.1) is 24.8 Å². The largest absolute Gasteiger partial charge is 0.480 e. The number of aliphatic carboxylic acids is 1. The monoisotopic (exact) mass is 535 g/mol. The summed E-state index contributed by atoms with van der Waals surface area (Å²) in [5, 5.41) is 19.1. The second-order valence-electron chi connectivity index (χ2n) is 10.0. The lowest BCUT2D eigenvalue weighted by atomic mass is 9.97. The van der Waals surface area contributed by atoms with Crippen LogP contribution in [0, 0.1) is 11.7 Å². The van der Waals surface area contributed by atoms with E-state index in [-0.39, 0.29) is 37.4 Å². The van der Waals surface area contributed by atoms with Gasteiger partial charge in [0.1, 0.15) is 11.9 Å². The SMILES string of the molecule is CCC(F)(F)CN1CCC(COc2ccc(-c3ccc(C(=O)N4C[C@H](O)C[C@H]4C(=O)O)c(F)c3)cn2)CC1. The Balaban J connectivity index is 1.32. The predicted molar refractivity (Wildman–Crippen MR) is 133 cm³/mol. The van der Waals surface area contributed by atoms with Gasteiger partial charge in [0.15, 0.2) is 0 Å². The molecule has 4 rings (SSSR count). The van der Waals surface area contributed by atoms with Gasteiger partial charge >= 0.3 is 5.97 Å². The number of carboxylic acids is 1. The first-order valence-corrected chi connectivity index (χ1v) is 12.8. The summed E-state index contributed by atoms with van der Waals surface area (Å²) in [5.74, 6) is -4.85. The number of aromatic nitrogens is 1. The number of rotatable bonds is 9. The summed E-state index contributed by atoms with van der Waals surface area (Å²) in [7, 11) is 0. The molecule has 2 aromatic rings. The number of benzene rings is 1. The van der Waals surface area contributed by atoms with Gasteiger partial charge in [-0.15, -0.1) is 0 Å². The molecule has 2 N–H and O–H groups in total. The lowest BCUT2D eigenvalue weighted by Crippen LogP contribution is -2.42. The average Bonchev–Trinajstić information content (AvgIpc) is 3.30. The Morgan fingerprint density at radius 3 is 2.47 bits per heavy atom. The topological polar surface area (TPSA) is 103 Å². The van der Waals surface area contributed by atoms with Crippen LogP contribution in [0.3, 0.4) is 0 Å². The molecule has 1 amide bonds. The fourth-order valence-corrected chi connectivity index (χ4v) is 4.89. The van der Waals surface area contributed by atoms with Crippen molar-refractivity contribution in [1.82, 2.24) is 14.8 Å². The average molecular weight is 536 g/mol. The fourth-order valence-electron chi connectivity index (χ4n) is 4.89. The van der Waals surface area contributed by atoms with Gasteiger partial charge < -0.3 is 19.8 Å². The number of hydrogen-bond acceptors (Lipinski definition) is 6. The minimum Gasteiger partial charge on any atom is -0.480 e. The van der Waals surface area contributed by atoms with Crippen molar-refractivity contribution in [3.05, 3.63) is 47.9 Å². The molecular formula is C27H32F3N3O5. The molecule has 3 heterocycles. The van der Waals surface area contributed by atoms with Crippen molar-refractivity contribution in [2.75, 3.05) is 32.8 Å². The zero-order chi connectivity index (χ0) is 27.4. The number of hydrogen-bond donors (Lipinski definition) is 2. The lowest BCUT2D eigenvalue weighted by Gasteiger charge is -2.33. The number of piperidine rings is 1.